The molecule has 0 spiro atoms. The monoisotopic (exact) mass is 308 g/mol. The molecule has 1 aromatic carbocycles. The van der Waals surface area contributed by atoms with E-state index in [1.807, 2.05) is 24.3 Å². The summed E-state index contributed by atoms with van der Waals surface area (Å²) in [5, 5.41) is 9.00. The lowest BCUT2D eigenvalue weighted by Gasteiger charge is -2.10. The van der Waals surface area contributed by atoms with E-state index in [0.29, 0.717) is 28.2 Å². The average Bonchev–Trinajstić information content (AvgIpc) is 2.35. The maximum Gasteiger partial charge on any atom is 0.233 e. The first-order valence-corrected chi connectivity index (χ1v) is 6.27. The van der Waals surface area contributed by atoms with E-state index in [-0.39, 0.29) is 6.61 Å². The minimum atomic E-state index is 0.0801. The summed E-state index contributed by atoms with van der Waals surface area (Å²) in [5.74, 6) is 1.14. The summed E-state index contributed by atoms with van der Waals surface area (Å²) in [6.45, 7) is 0.0801. The van der Waals surface area contributed by atoms with Gasteiger partial charge in [-0.2, -0.15) is 0 Å². The molecule has 2 aromatic rings. The Bertz CT molecular complexity index is 546. The van der Waals surface area contributed by atoms with Gasteiger partial charge in [0.1, 0.15) is 5.75 Å². The Morgan fingerprint density at radius 1 is 1.33 bits per heavy atom. The molecule has 1 heterocycles. The molecule has 18 heavy (non-hydrogen) atoms. The fraction of sp³-hybridized carbons (Fsp3) is 0.154. The molecule has 1 aromatic heterocycles. The number of aliphatic hydroxyl groups excluding tert-OH is 1. The molecule has 0 fully saturated rings. The minimum absolute atomic E-state index is 0.0801. The number of ether oxygens (including phenoxy) is 1. The van der Waals surface area contributed by atoms with Crippen molar-refractivity contribution in [3.8, 4) is 11.6 Å². The quantitative estimate of drug-likeness (QED) is 0.911. The van der Waals surface area contributed by atoms with Crippen molar-refractivity contribution in [3.63, 3.8) is 0 Å². The van der Waals surface area contributed by atoms with Gasteiger partial charge in [0, 0.05) is 6.61 Å². The number of hydrogen-bond donors (Lipinski definition) is 2. The highest BCUT2D eigenvalue weighted by atomic mass is 79.9. The van der Waals surface area contributed by atoms with Crippen LogP contribution in [0.5, 0.6) is 11.6 Å². The van der Waals surface area contributed by atoms with Gasteiger partial charge in [-0.15, -0.1) is 0 Å². The summed E-state index contributed by atoms with van der Waals surface area (Å²) >= 11 is 3.35. The predicted octanol–water partition coefficient (Wildman–Crippen LogP) is 2.75. The first kappa shape index (κ1) is 12.9. The van der Waals surface area contributed by atoms with Crippen LogP contribution < -0.4 is 10.5 Å². The van der Waals surface area contributed by atoms with E-state index < -0.39 is 0 Å². The summed E-state index contributed by atoms with van der Waals surface area (Å²) in [6, 6.07) is 9.27. The van der Waals surface area contributed by atoms with E-state index in [9.17, 15) is 0 Å². The molecule has 0 aliphatic heterocycles. The maximum absolute atomic E-state index is 9.00. The van der Waals surface area contributed by atoms with Gasteiger partial charge in [0.05, 0.1) is 16.4 Å². The van der Waals surface area contributed by atoms with E-state index >= 15 is 0 Å². The van der Waals surface area contributed by atoms with Gasteiger partial charge in [-0.1, -0.05) is 18.2 Å². The fourth-order valence-electron chi connectivity index (χ4n) is 1.55. The molecule has 3 N–H and O–H groups in total. The maximum atomic E-state index is 9.00. The van der Waals surface area contributed by atoms with Crippen LogP contribution in [-0.2, 0) is 6.42 Å². The Hall–Kier alpha value is -1.59. The lowest BCUT2D eigenvalue weighted by Crippen LogP contribution is -1.97. The summed E-state index contributed by atoms with van der Waals surface area (Å²) in [6.07, 6.45) is 2.08. The Labute approximate surface area is 114 Å². The molecule has 0 saturated carbocycles. The van der Waals surface area contributed by atoms with Gasteiger partial charge >= 0.3 is 0 Å². The van der Waals surface area contributed by atoms with Crippen molar-refractivity contribution in [2.24, 2.45) is 0 Å². The number of rotatable bonds is 4. The fourth-order valence-corrected chi connectivity index (χ4v) is 2.00. The highest BCUT2D eigenvalue weighted by molar-refractivity contribution is 9.10. The van der Waals surface area contributed by atoms with Crippen LogP contribution in [0.25, 0.3) is 0 Å². The van der Waals surface area contributed by atoms with Gasteiger partial charge < -0.3 is 15.6 Å². The van der Waals surface area contributed by atoms with Gasteiger partial charge in [-0.05, 0) is 40.0 Å². The second-order valence-corrected chi connectivity index (χ2v) is 4.59. The minimum Gasteiger partial charge on any atom is -0.438 e. The van der Waals surface area contributed by atoms with Crippen LogP contribution in [0.1, 0.15) is 5.56 Å². The number of para-hydroxylation sites is 1. The SMILES string of the molecule is Nc1cnc(Oc2ccccc2CCO)c(Br)c1. The zero-order valence-corrected chi connectivity index (χ0v) is 11.2. The van der Waals surface area contributed by atoms with Crippen LogP contribution in [0, 0.1) is 0 Å². The number of aromatic nitrogens is 1. The van der Waals surface area contributed by atoms with Crippen LogP contribution >= 0.6 is 15.9 Å². The molecule has 4 nitrogen and oxygen atoms in total. The number of nitrogens with two attached hydrogens (primary N) is 1. The van der Waals surface area contributed by atoms with Crippen molar-refractivity contribution < 1.29 is 9.84 Å². The zero-order chi connectivity index (χ0) is 13.0. The summed E-state index contributed by atoms with van der Waals surface area (Å²) in [5.41, 5.74) is 7.12. The van der Waals surface area contributed by atoms with E-state index in [1.165, 1.54) is 6.20 Å². The van der Waals surface area contributed by atoms with E-state index in [4.69, 9.17) is 15.6 Å². The molecule has 94 valence electrons. The first-order valence-electron chi connectivity index (χ1n) is 5.48. The van der Waals surface area contributed by atoms with E-state index in [0.717, 1.165) is 5.56 Å². The van der Waals surface area contributed by atoms with Crippen LogP contribution in [0.3, 0.4) is 0 Å². The molecule has 0 unspecified atom stereocenters. The number of hydrogen-bond acceptors (Lipinski definition) is 4. The summed E-state index contributed by atoms with van der Waals surface area (Å²) in [7, 11) is 0. The molecule has 0 amide bonds. The molecule has 0 aliphatic rings. The Morgan fingerprint density at radius 2 is 2.11 bits per heavy atom. The molecule has 0 atom stereocenters. The summed E-state index contributed by atoms with van der Waals surface area (Å²) in [4.78, 5) is 4.12. The molecule has 0 aliphatic carbocycles. The van der Waals surface area contributed by atoms with E-state index in [2.05, 4.69) is 20.9 Å². The van der Waals surface area contributed by atoms with Crippen molar-refractivity contribution in [2.75, 3.05) is 12.3 Å². The number of halogens is 1. The molecular weight excluding hydrogens is 296 g/mol. The number of benzene rings is 1. The zero-order valence-electron chi connectivity index (χ0n) is 9.64. The third kappa shape index (κ3) is 3.00. The number of pyridine rings is 1. The standard InChI is InChI=1S/C13H13BrN2O2/c14-11-7-10(15)8-16-13(11)18-12-4-2-1-3-9(12)5-6-17/h1-4,7-8,17H,5-6,15H2. The van der Waals surface area contributed by atoms with Gasteiger partial charge in [0.25, 0.3) is 0 Å². The third-order valence-corrected chi connectivity index (χ3v) is 2.96. The third-order valence-electron chi connectivity index (χ3n) is 2.39. The van der Waals surface area contributed by atoms with E-state index in [1.54, 1.807) is 6.07 Å². The second kappa shape index (κ2) is 5.84. The summed E-state index contributed by atoms with van der Waals surface area (Å²) < 4.78 is 6.42. The van der Waals surface area contributed by atoms with Crippen molar-refractivity contribution in [1.82, 2.24) is 4.98 Å². The van der Waals surface area contributed by atoms with Crippen molar-refractivity contribution in [3.05, 3.63) is 46.6 Å². The van der Waals surface area contributed by atoms with Gasteiger partial charge in [0.15, 0.2) is 0 Å². The molecule has 5 heteroatoms. The molecule has 0 bridgehead atoms. The Morgan fingerprint density at radius 3 is 2.83 bits per heavy atom. The number of nitrogens with zero attached hydrogens (tertiary/aromatic N) is 1. The predicted molar refractivity (Wildman–Crippen MR) is 73.7 cm³/mol. The smallest absolute Gasteiger partial charge is 0.233 e. The number of nitrogen functional groups attached to an aromatic ring is 1. The lowest BCUT2D eigenvalue weighted by molar-refractivity contribution is 0.297. The van der Waals surface area contributed by atoms with Crippen LogP contribution in [0.4, 0.5) is 5.69 Å². The lowest BCUT2D eigenvalue weighted by atomic mass is 10.1. The Kier molecular flexibility index (Phi) is 4.17. The number of aliphatic hydroxyl groups is 1. The highest BCUT2D eigenvalue weighted by Crippen LogP contribution is 2.30. The van der Waals surface area contributed by atoms with Gasteiger partial charge in [0.2, 0.25) is 5.88 Å². The topological polar surface area (TPSA) is 68.4 Å². The molecule has 0 radical (unpaired) electrons. The largest absolute Gasteiger partial charge is 0.438 e. The average molecular weight is 309 g/mol. The molecule has 0 saturated heterocycles. The van der Waals surface area contributed by atoms with Gasteiger partial charge in [-0.25, -0.2) is 4.98 Å². The first-order chi connectivity index (χ1) is 8.70. The second-order valence-electron chi connectivity index (χ2n) is 3.74. The van der Waals surface area contributed by atoms with Crippen LogP contribution in [0.2, 0.25) is 0 Å². The molecule has 2 rings (SSSR count). The van der Waals surface area contributed by atoms with Crippen molar-refractivity contribution in [1.29, 1.82) is 0 Å². The number of anilines is 1. The normalized spacial score (nSPS) is 10.3. The van der Waals surface area contributed by atoms with Crippen molar-refractivity contribution in [2.45, 2.75) is 6.42 Å². The van der Waals surface area contributed by atoms with Crippen molar-refractivity contribution >= 4 is 21.6 Å². The Balaban J connectivity index is 2.28. The highest BCUT2D eigenvalue weighted by Gasteiger charge is 2.08. The van der Waals surface area contributed by atoms with Crippen LogP contribution in [-0.4, -0.2) is 16.7 Å². The molecular formula is C13H13BrN2O2. The van der Waals surface area contributed by atoms with Gasteiger partial charge in [-0.3, -0.25) is 0 Å². The van der Waals surface area contributed by atoms with Crippen LogP contribution in [0.15, 0.2) is 41.0 Å².